The molecule has 2 aromatic rings. The summed E-state index contributed by atoms with van der Waals surface area (Å²) in [6.07, 6.45) is 1.32. The topological polar surface area (TPSA) is 68.5 Å². The first-order chi connectivity index (χ1) is 9.13. The van der Waals surface area contributed by atoms with Crippen LogP contribution in [-0.2, 0) is 4.74 Å². The molecule has 5 nitrogen and oxygen atoms in total. The molecule has 1 N–H and O–H groups in total. The summed E-state index contributed by atoms with van der Waals surface area (Å²) in [6.45, 7) is 1.99. The van der Waals surface area contributed by atoms with Crippen molar-refractivity contribution in [2.45, 2.75) is 6.92 Å². The van der Waals surface area contributed by atoms with Crippen LogP contribution in [0.5, 0.6) is 0 Å². The number of thiophene rings is 1. The fourth-order valence-corrected chi connectivity index (χ4v) is 2.37. The van der Waals surface area contributed by atoms with E-state index in [2.05, 4.69) is 5.32 Å². The molecule has 0 unspecified atom stereocenters. The lowest BCUT2D eigenvalue weighted by atomic mass is 10.3. The second-order valence-electron chi connectivity index (χ2n) is 3.45. The third-order valence-electron chi connectivity index (χ3n) is 2.25. The maximum atomic E-state index is 11.9. The maximum Gasteiger partial charge on any atom is 0.341 e. The quantitative estimate of drug-likeness (QED) is 0.878. The molecular weight excluding hydrogens is 290 g/mol. The first-order valence-corrected chi connectivity index (χ1v) is 6.68. The van der Waals surface area contributed by atoms with Gasteiger partial charge in [-0.15, -0.1) is 11.3 Å². The van der Waals surface area contributed by atoms with Crippen LogP contribution in [-0.4, -0.2) is 18.5 Å². The number of amides is 1. The number of esters is 1. The van der Waals surface area contributed by atoms with Crippen molar-refractivity contribution in [2.75, 3.05) is 11.9 Å². The van der Waals surface area contributed by atoms with Crippen molar-refractivity contribution in [1.82, 2.24) is 0 Å². The summed E-state index contributed by atoms with van der Waals surface area (Å²) >= 11 is 6.94. The third kappa shape index (κ3) is 2.97. The number of carbonyl (C=O) groups is 2. The zero-order valence-electron chi connectivity index (χ0n) is 9.94. The molecule has 0 aliphatic carbocycles. The van der Waals surface area contributed by atoms with Gasteiger partial charge in [-0.1, -0.05) is 0 Å². The van der Waals surface area contributed by atoms with Gasteiger partial charge >= 0.3 is 5.97 Å². The fraction of sp³-hybridized carbons (Fsp3) is 0.167. The van der Waals surface area contributed by atoms with E-state index >= 15 is 0 Å². The number of carbonyl (C=O) groups excluding carboxylic acids is 2. The Morgan fingerprint density at radius 2 is 2.21 bits per heavy atom. The molecule has 0 bridgehead atoms. The maximum absolute atomic E-state index is 11.9. The smallest absolute Gasteiger partial charge is 0.341 e. The van der Waals surface area contributed by atoms with Crippen LogP contribution in [0.1, 0.15) is 27.6 Å². The molecule has 19 heavy (non-hydrogen) atoms. The van der Waals surface area contributed by atoms with Gasteiger partial charge in [0.15, 0.2) is 0 Å². The van der Waals surface area contributed by atoms with Crippen LogP contribution >= 0.6 is 22.9 Å². The van der Waals surface area contributed by atoms with Gasteiger partial charge in [-0.2, -0.15) is 0 Å². The molecule has 2 aromatic heterocycles. The summed E-state index contributed by atoms with van der Waals surface area (Å²) in [5.74, 6) is -0.913. The molecule has 0 saturated heterocycles. The minimum absolute atomic E-state index is 0.00624. The van der Waals surface area contributed by atoms with Crippen molar-refractivity contribution >= 4 is 39.8 Å². The summed E-state index contributed by atoms with van der Waals surface area (Å²) in [6, 6.07) is 3.05. The van der Waals surface area contributed by atoms with E-state index in [0.717, 1.165) is 0 Å². The Hall–Kier alpha value is -1.79. The van der Waals surface area contributed by atoms with E-state index in [9.17, 15) is 9.59 Å². The van der Waals surface area contributed by atoms with Crippen LogP contribution in [0.3, 0.4) is 0 Å². The van der Waals surface area contributed by atoms with Crippen LogP contribution in [0.15, 0.2) is 28.2 Å². The molecule has 0 atom stereocenters. The Labute approximate surface area is 118 Å². The summed E-state index contributed by atoms with van der Waals surface area (Å²) in [5, 5.41) is 4.72. The third-order valence-corrected chi connectivity index (χ3v) is 3.37. The van der Waals surface area contributed by atoms with Crippen molar-refractivity contribution in [3.8, 4) is 0 Å². The molecule has 0 fully saturated rings. The normalized spacial score (nSPS) is 10.2. The predicted molar refractivity (Wildman–Crippen MR) is 71.9 cm³/mol. The van der Waals surface area contributed by atoms with E-state index in [1.165, 1.54) is 23.7 Å². The standard InChI is InChI=1S/C12H10ClNO4S/c1-2-17-12(16)8-4-6-19-11(8)14-10(15)7-3-5-18-9(7)13/h3-6H,2H2,1H3,(H,14,15). The molecular formula is C12H10ClNO4S. The van der Waals surface area contributed by atoms with Crippen LogP contribution < -0.4 is 5.32 Å². The summed E-state index contributed by atoms with van der Waals surface area (Å²) in [4.78, 5) is 23.6. The number of rotatable bonds is 4. The number of hydrogen-bond acceptors (Lipinski definition) is 5. The van der Waals surface area contributed by atoms with Gasteiger partial charge in [0.05, 0.1) is 24.0 Å². The lowest BCUT2D eigenvalue weighted by Gasteiger charge is -2.05. The SMILES string of the molecule is CCOC(=O)c1ccsc1NC(=O)c1ccoc1Cl. The van der Waals surface area contributed by atoms with Crippen molar-refractivity contribution in [3.05, 3.63) is 40.1 Å². The molecule has 0 aromatic carbocycles. The van der Waals surface area contributed by atoms with Gasteiger partial charge in [-0.3, -0.25) is 4.79 Å². The minimum Gasteiger partial charge on any atom is -0.462 e. The highest BCUT2D eigenvalue weighted by Crippen LogP contribution is 2.26. The number of nitrogens with one attached hydrogen (secondary N) is 1. The van der Waals surface area contributed by atoms with Crippen LogP contribution in [0.4, 0.5) is 5.00 Å². The van der Waals surface area contributed by atoms with Gasteiger partial charge in [-0.25, -0.2) is 4.79 Å². The average molecular weight is 300 g/mol. The van der Waals surface area contributed by atoms with E-state index in [4.69, 9.17) is 20.8 Å². The lowest BCUT2D eigenvalue weighted by Crippen LogP contribution is -2.13. The Balaban J connectivity index is 2.16. The van der Waals surface area contributed by atoms with Crippen LogP contribution in [0.2, 0.25) is 5.22 Å². The number of ether oxygens (including phenoxy) is 1. The molecule has 2 rings (SSSR count). The molecule has 0 radical (unpaired) electrons. The van der Waals surface area contributed by atoms with Gasteiger partial charge < -0.3 is 14.5 Å². The molecule has 2 heterocycles. The van der Waals surface area contributed by atoms with Gasteiger partial charge in [0.2, 0.25) is 5.22 Å². The van der Waals surface area contributed by atoms with Gasteiger partial charge in [0, 0.05) is 0 Å². The van der Waals surface area contributed by atoms with Crippen LogP contribution in [0.25, 0.3) is 0 Å². The average Bonchev–Trinajstić information content (AvgIpc) is 2.98. The fourth-order valence-electron chi connectivity index (χ4n) is 1.40. The van der Waals surface area contributed by atoms with Crippen molar-refractivity contribution in [2.24, 2.45) is 0 Å². The van der Waals surface area contributed by atoms with E-state index < -0.39 is 11.9 Å². The van der Waals surface area contributed by atoms with Crippen LogP contribution in [0, 0.1) is 0 Å². The van der Waals surface area contributed by atoms with E-state index in [-0.39, 0.29) is 17.4 Å². The first-order valence-electron chi connectivity index (χ1n) is 5.42. The number of furan rings is 1. The zero-order valence-corrected chi connectivity index (χ0v) is 11.5. The van der Waals surface area contributed by atoms with Crippen molar-refractivity contribution in [1.29, 1.82) is 0 Å². The van der Waals surface area contributed by atoms with Gasteiger partial charge in [0.1, 0.15) is 5.00 Å². The molecule has 1 amide bonds. The summed E-state index contributed by atoms with van der Waals surface area (Å²) in [5.41, 5.74) is 0.532. The van der Waals surface area contributed by atoms with E-state index in [0.29, 0.717) is 10.6 Å². The molecule has 0 saturated carbocycles. The molecule has 7 heteroatoms. The van der Waals surface area contributed by atoms with Crippen molar-refractivity contribution in [3.63, 3.8) is 0 Å². The Bertz CT molecular complexity index is 604. The van der Waals surface area contributed by atoms with E-state index in [1.807, 2.05) is 0 Å². The molecule has 0 aliphatic rings. The molecule has 100 valence electrons. The zero-order chi connectivity index (χ0) is 13.8. The largest absolute Gasteiger partial charge is 0.462 e. The number of anilines is 1. The molecule has 0 aliphatic heterocycles. The predicted octanol–water partition coefficient (Wildman–Crippen LogP) is 3.42. The number of hydrogen-bond donors (Lipinski definition) is 1. The second-order valence-corrected chi connectivity index (χ2v) is 4.71. The Kier molecular flexibility index (Phi) is 4.24. The Morgan fingerprint density at radius 3 is 2.84 bits per heavy atom. The highest BCUT2D eigenvalue weighted by Gasteiger charge is 2.19. The highest BCUT2D eigenvalue weighted by molar-refractivity contribution is 7.14. The molecule has 0 spiro atoms. The second kappa shape index (κ2) is 5.90. The monoisotopic (exact) mass is 299 g/mol. The summed E-state index contributed by atoms with van der Waals surface area (Å²) in [7, 11) is 0. The minimum atomic E-state index is -0.475. The van der Waals surface area contributed by atoms with Gasteiger partial charge in [0.25, 0.3) is 5.91 Å². The van der Waals surface area contributed by atoms with E-state index in [1.54, 1.807) is 18.4 Å². The first kappa shape index (κ1) is 13.6. The number of halogens is 1. The lowest BCUT2D eigenvalue weighted by molar-refractivity contribution is 0.0528. The van der Waals surface area contributed by atoms with Gasteiger partial charge in [-0.05, 0) is 36.0 Å². The van der Waals surface area contributed by atoms with Crippen molar-refractivity contribution < 1.29 is 18.7 Å². The Morgan fingerprint density at radius 1 is 1.42 bits per heavy atom. The highest BCUT2D eigenvalue weighted by atomic mass is 35.5. The summed E-state index contributed by atoms with van der Waals surface area (Å²) < 4.78 is 9.73.